The molecular weight excluding hydrogens is 238 g/mol. The molecule has 0 aliphatic rings. The van der Waals surface area contributed by atoms with Crippen LogP contribution in [0.1, 0.15) is 34.1 Å². The minimum absolute atomic E-state index is 0.0212. The van der Waals surface area contributed by atoms with Crippen molar-refractivity contribution in [3.8, 4) is 0 Å². The third kappa shape index (κ3) is 8.07. The molecule has 0 radical (unpaired) electrons. The normalized spacial score (nSPS) is 14.2. The van der Waals surface area contributed by atoms with Crippen LogP contribution >= 0.6 is 11.8 Å². The predicted molar refractivity (Wildman–Crippen MR) is 71.0 cm³/mol. The van der Waals surface area contributed by atoms with E-state index in [9.17, 15) is 9.59 Å². The van der Waals surface area contributed by atoms with Crippen LogP contribution in [0.5, 0.6) is 0 Å². The molecule has 0 aliphatic carbocycles. The molecule has 17 heavy (non-hydrogen) atoms. The third-order valence-electron chi connectivity index (χ3n) is 2.57. The number of hydrogen-bond acceptors (Lipinski definition) is 4. The number of nitrogens with one attached hydrogen (secondary N) is 1. The lowest BCUT2D eigenvalue weighted by Gasteiger charge is -2.18. The van der Waals surface area contributed by atoms with Gasteiger partial charge in [0.2, 0.25) is 5.91 Å². The smallest absolute Gasteiger partial charge is 0.306 e. The highest BCUT2D eigenvalue weighted by Gasteiger charge is 2.14. The second-order valence-corrected chi connectivity index (χ2v) is 5.93. The van der Waals surface area contributed by atoms with E-state index in [1.165, 1.54) is 18.9 Å². The van der Waals surface area contributed by atoms with Crippen molar-refractivity contribution < 1.29 is 14.3 Å². The standard InChI is InChI=1S/C12H23NO3S/c1-8(2)10(4)13-11(14)7-17-9(3)6-12(15)16-5/h8-10H,6-7H2,1-5H3,(H,13,14). The van der Waals surface area contributed by atoms with Crippen molar-refractivity contribution in [2.75, 3.05) is 12.9 Å². The van der Waals surface area contributed by atoms with Crippen molar-refractivity contribution in [2.45, 2.75) is 45.4 Å². The minimum atomic E-state index is -0.235. The van der Waals surface area contributed by atoms with Crippen LogP contribution in [0.4, 0.5) is 0 Å². The largest absolute Gasteiger partial charge is 0.469 e. The first-order valence-corrected chi connectivity index (χ1v) is 6.89. The van der Waals surface area contributed by atoms with Gasteiger partial charge in [-0.05, 0) is 12.8 Å². The maximum atomic E-state index is 11.6. The summed E-state index contributed by atoms with van der Waals surface area (Å²) >= 11 is 1.47. The fourth-order valence-corrected chi connectivity index (χ4v) is 1.83. The van der Waals surface area contributed by atoms with Crippen LogP contribution < -0.4 is 5.32 Å². The van der Waals surface area contributed by atoms with E-state index in [2.05, 4.69) is 23.9 Å². The van der Waals surface area contributed by atoms with E-state index >= 15 is 0 Å². The first kappa shape index (κ1) is 16.3. The molecule has 4 nitrogen and oxygen atoms in total. The van der Waals surface area contributed by atoms with Gasteiger partial charge in [-0.1, -0.05) is 20.8 Å². The van der Waals surface area contributed by atoms with Gasteiger partial charge in [-0.2, -0.15) is 0 Å². The predicted octanol–water partition coefficient (Wildman–Crippen LogP) is 1.83. The van der Waals surface area contributed by atoms with Crippen LogP contribution in [0.25, 0.3) is 0 Å². The van der Waals surface area contributed by atoms with E-state index in [-0.39, 0.29) is 23.2 Å². The summed E-state index contributed by atoms with van der Waals surface area (Å²) in [5.41, 5.74) is 0. The molecule has 1 N–H and O–H groups in total. The first-order chi connectivity index (χ1) is 7.86. The minimum Gasteiger partial charge on any atom is -0.469 e. The van der Waals surface area contributed by atoms with Gasteiger partial charge in [-0.25, -0.2) is 0 Å². The number of rotatable bonds is 7. The summed E-state index contributed by atoms with van der Waals surface area (Å²) in [5, 5.41) is 3.03. The van der Waals surface area contributed by atoms with E-state index in [0.29, 0.717) is 18.1 Å². The number of thioether (sulfide) groups is 1. The second-order valence-electron chi connectivity index (χ2n) is 4.50. The van der Waals surface area contributed by atoms with Crippen LogP contribution in [-0.2, 0) is 14.3 Å². The molecule has 0 saturated carbocycles. The van der Waals surface area contributed by atoms with Gasteiger partial charge in [0.1, 0.15) is 0 Å². The maximum absolute atomic E-state index is 11.6. The fourth-order valence-electron chi connectivity index (χ4n) is 1.06. The molecule has 2 atom stereocenters. The number of hydrogen-bond donors (Lipinski definition) is 1. The molecule has 5 heteroatoms. The highest BCUT2D eigenvalue weighted by molar-refractivity contribution is 8.00. The molecule has 0 aromatic rings. The summed E-state index contributed by atoms with van der Waals surface area (Å²) in [7, 11) is 1.37. The van der Waals surface area contributed by atoms with E-state index in [4.69, 9.17) is 0 Å². The Morgan fingerprint density at radius 1 is 1.24 bits per heavy atom. The van der Waals surface area contributed by atoms with Crippen LogP contribution in [0, 0.1) is 5.92 Å². The van der Waals surface area contributed by atoms with E-state index < -0.39 is 0 Å². The van der Waals surface area contributed by atoms with E-state index in [1.807, 2.05) is 13.8 Å². The summed E-state index contributed by atoms with van der Waals surface area (Å²) < 4.78 is 4.57. The topological polar surface area (TPSA) is 55.4 Å². The van der Waals surface area contributed by atoms with Crippen LogP contribution in [0.3, 0.4) is 0 Å². The Morgan fingerprint density at radius 3 is 2.29 bits per heavy atom. The lowest BCUT2D eigenvalue weighted by Crippen LogP contribution is -2.37. The Kier molecular flexibility index (Phi) is 8.04. The van der Waals surface area contributed by atoms with Gasteiger partial charge in [0.15, 0.2) is 0 Å². The van der Waals surface area contributed by atoms with Gasteiger partial charge in [0.05, 0.1) is 19.3 Å². The van der Waals surface area contributed by atoms with Crippen molar-refractivity contribution in [2.24, 2.45) is 5.92 Å². The summed E-state index contributed by atoms with van der Waals surface area (Å²) in [4.78, 5) is 22.6. The van der Waals surface area contributed by atoms with Crippen molar-refractivity contribution in [3.63, 3.8) is 0 Å². The zero-order chi connectivity index (χ0) is 13.4. The Balaban J connectivity index is 3.80. The molecule has 0 bridgehead atoms. The molecular formula is C12H23NO3S. The molecule has 0 spiro atoms. The second kappa shape index (κ2) is 8.39. The van der Waals surface area contributed by atoms with Crippen molar-refractivity contribution in [3.05, 3.63) is 0 Å². The summed E-state index contributed by atoms with van der Waals surface area (Å²) in [6.07, 6.45) is 0.341. The van der Waals surface area contributed by atoms with Crippen LogP contribution in [0.2, 0.25) is 0 Å². The lowest BCUT2D eigenvalue weighted by atomic mass is 10.1. The number of esters is 1. The average Bonchev–Trinajstić information content (AvgIpc) is 2.25. The van der Waals surface area contributed by atoms with Crippen LogP contribution in [0.15, 0.2) is 0 Å². The van der Waals surface area contributed by atoms with Gasteiger partial charge in [-0.3, -0.25) is 9.59 Å². The van der Waals surface area contributed by atoms with Gasteiger partial charge in [0, 0.05) is 11.3 Å². The summed E-state index contributed by atoms with van der Waals surface area (Å²) in [6.45, 7) is 8.04. The molecule has 0 aromatic heterocycles. The van der Waals surface area contributed by atoms with Crippen LogP contribution in [-0.4, -0.2) is 36.0 Å². The maximum Gasteiger partial charge on any atom is 0.306 e. The quantitative estimate of drug-likeness (QED) is 0.710. The lowest BCUT2D eigenvalue weighted by molar-refractivity contribution is -0.140. The SMILES string of the molecule is COC(=O)CC(C)SCC(=O)NC(C)C(C)C. The number of carbonyl (C=O) groups is 2. The van der Waals surface area contributed by atoms with E-state index in [0.717, 1.165) is 0 Å². The molecule has 0 aromatic carbocycles. The van der Waals surface area contributed by atoms with E-state index in [1.54, 1.807) is 0 Å². The van der Waals surface area contributed by atoms with Gasteiger partial charge in [0.25, 0.3) is 0 Å². The zero-order valence-corrected chi connectivity index (χ0v) is 12.1. The Bertz CT molecular complexity index is 256. The van der Waals surface area contributed by atoms with Gasteiger partial charge in [-0.15, -0.1) is 11.8 Å². The molecule has 2 unspecified atom stereocenters. The average molecular weight is 261 g/mol. The number of amides is 1. The van der Waals surface area contributed by atoms with Gasteiger partial charge < -0.3 is 10.1 Å². The highest BCUT2D eigenvalue weighted by atomic mass is 32.2. The summed E-state index contributed by atoms with van der Waals surface area (Å²) in [6, 6.07) is 0.180. The molecule has 0 rings (SSSR count). The molecule has 1 amide bonds. The summed E-state index contributed by atoms with van der Waals surface area (Å²) in [5.74, 6) is 0.597. The Morgan fingerprint density at radius 2 is 1.82 bits per heavy atom. The molecule has 0 saturated heterocycles. The molecule has 0 heterocycles. The van der Waals surface area contributed by atoms with Crippen molar-refractivity contribution >= 4 is 23.6 Å². The first-order valence-electron chi connectivity index (χ1n) is 5.84. The highest BCUT2D eigenvalue weighted by Crippen LogP contribution is 2.14. The monoisotopic (exact) mass is 261 g/mol. The molecule has 100 valence electrons. The fraction of sp³-hybridized carbons (Fsp3) is 0.833. The van der Waals surface area contributed by atoms with Gasteiger partial charge >= 0.3 is 5.97 Å². The Hall–Kier alpha value is -0.710. The Labute approximate surface area is 108 Å². The number of ether oxygens (including phenoxy) is 1. The number of methoxy groups -OCH3 is 1. The third-order valence-corrected chi connectivity index (χ3v) is 3.73. The zero-order valence-electron chi connectivity index (χ0n) is 11.3. The number of carbonyl (C=O) groups excluding carboxylic acids is 2. The molecule has 0 fully saturated rings. The molecule has 0 aliphatic heterocycles. The van der Waals surface area contributed by atoms with Crippen molar-refractivity contribution in [1.29, 1.82) is 0 Å². The van der Waals surface area contributed by atoms with Crippen molar-refractivity contribution in [1.82, 2.24) is 5.32 Å².